The monoisotopic (exact) mass is 585 g/mol. The fourth-order valence-electron chi connectivity index (χ4n) is 2.84. The van der Waals surface area contributed by atoms with Crippen molar-refractivity contribution in [2.75, 3.05) is 0 Å². The summed E-state index contributed by atoms with van der Waals surface area (Å²) in [7, 11) is 0. The molecule has 0 heterocycles. The predicted molar refractivity (Wildman–Crippen MR) is 137 cm³/mol. The van der Waals surface area contributed by atoms with Gasteiger partial charge in [0.1, 0.15) is 0 Å². The Morgan fingerprint density at radius 2 is 0.929 bits per heavy atom. The van der Waals surface area contributed by atoms with Gasteiger partial charge in [0, 0.05) is 21.1 Å². The van der Waals surface area contributed by atoms with Gasteiger partial charge in [-0.2, -0.15) is 0 Å². The van der Waals surface area contributed by atoms with E-state index in [0.717, 1.165) is 29.6 Å². The molecule has 2 unspecified atom stereocenters. The van der Waals surface area contributed by atoms with Crippen LogP contribution in [0.15, 0.2) is 0 Å². The molecule has 1 aliphatic carbocycles. The van der Waals surface area contributed by atoms with E-state index in [1.807, 2.05) is 55.4 Å². The van der Waals surface area contributed by atoms with Crippen molar-refractivity contribution in [3.63, 3.8) is 0 Å². The molecule has 0 spiro atoms. The zero-order valence-corrected chi connectivity index (χ0v) is 24.7. The van der Waals surface area contributed by atoms with Crippen LogP contribution >= 0.6 is 0 Å². The summed E-state index contributed by atoms with van der Waals surface area (Å²) in [6, 6.07) is 0. The van der Waals surface area contributed by atoms with Crippen LogP contribution in [0.2, 0.25) is 0 Å². The molecule has 28 heavy (non-hydrogen) atoms. The maximum absolute atomic E-state index is 2.42. The molecule has 0 amide bonds. The maximum Gasteiger partial charge on any atom is 0 e. The van der Waals surface area contributed by atoms with Crippen molar-refractivity contribution in [2.45, 2.75) is 150 Å². The fraction of sp³-hybridized carbons (Fsp3) is 1.00. The Bertz CT molecular complexity index is 177. The Balaban J connectivity index is -0.0000000445. The minimum atomic E-state index is 0. The normalized spacial score (nSPS) is 16.1. The van der Waals surface area contributed by atoms with Crippen LogP contribution in [0.1, 0.15) is 150 Å². The van der Waals surface area contributed by atoms with Crippen LogP contribution in [0.25, 0.3) is 0 Å². The van der Waals surface area contributed by atoms with Crippen LogP contribution in [0, 0.1) is 29.6 Å². The van der Waals surface area contributed by atoms with Gasteiger partial charge in [0.2, 0.25) is 0 Å². The van der Waals surface area contributed by atoms with E-state index in [0.29, 0.717) is 0 Å². The maximum atomic E-state index is 2.42. The topological polar surface area (TPSA) is 0 Å². The van der Waals surface area contributed by atoms with Gasteiger partial charge < -0.3 is 0 Å². The molecular weight excluding hydrogens is 519 g/mol. The van der Waals surface area contributed by atoms with Crippen molar-refractivity contribution >= 4 is 0 Å². The van der Waals surface area contributed by atoms with Crippen LogP contribution in [-0.2, 0) is 21.1 Å². The summed E-state index contributed by atoms with van der Waals surface area (Å²) in [5, 5.41) is 0. The van der Waals surface area contributed by atoms with Crippen LogP contribution in [0.3, 0.4) is 0 Å². The molecule has 0 aliphatic heterocycles. The summed E-state index contributed by atoms with van der Waals surface area (Å²) in [6.45, 7) is 32.2. The van der Waals surface area contributed by atoms with Gasteiger partial charge in [-0.3, -0.25) is 0 Å². The quantitative estimate of drug-likeness (QED) is 0.301. The van der Waals surface area contributed by atoms with Gasteiger partial charge in [0.15, 0.2) is 0 Å². The summed E-state index contributed by atoms with van der Waals surface area (Å²) in [6.07, 6.45) is 8.70. The predicted octanol–water partition coefficient (Wildman–Crippen LogP) is 11.3. The van der Waals surface area contributed by atoms with E-state index in [1.54, 1.807) is 0 Å². The molecule has 0 aromatic carbocycles. The summed E-state index contributed by atoms with van der Waals surface area (Å²) in [5.41, 5.74) is 0. The Morgan fingerprint density at radius 1 is 0.607 bits per heavy atom. The summed E-state index contributed by atoms with van der Waals surface area (Å²) < 4.78 is 0. The molecule has 0 radical (unpaired) electrons. The second-order valence-electron chi connectivity index (χ2n) is 7.66. The van der Waals surface area contributed by atoms with Crippen molar-refractivity contribution < 1.29 is 21.1 Å². The van der Waals surface area contributed by atoms with E-state index in [4.69, 9.17) is 0 Å². The van der Waals surface area contributed by atoms with Gasteiger partial charge in [-0.1, -0.05) is 143 Å². The summed E-state index contributed by atoms with van der Waals surface area (Å²) in [4.78, 5) is 0. The van der Waals surface area contributed by atoms with E-state index >= 15 is 0 Å². The molecule has 184 valence electrons. The smallest absolute Gasteiger partial charge is 0 e. The Labute approximate surface area is 200 Å². The Morgan fingerprint density at radius 3 is 1.11 bits per heavy atom. The number of hydrogen-bond acceptors (Lipinski definition) is 0. The molecule has 1 aliphatic rings. The van der Waals surface area contributed by atoms with E-state index in [2.05, 4.69) is 48.5 Å². The zero-order valence-electron chi connectivity index (χ0n) is 22.4. The van der Waals surface area contributed by atoms with Gasteiger partial charge in [0.05, 0.1) is 0 Å². The summed E-state index contributed by atoms with van der Waals surface area (Å²) in [5.74, 6) is 4.75. The first-order valence-corrected chi connectivity index (χ1v) is 12.3. The van der Waals surface area contributed by atoms with Crippen LogP contribution in [0.5, 0.6) is 0 Å². The number of hydrogen-bond donors (Lipinski definition) is 0. The second-order valence-corrected chi connectivity index (χ2v) is 7.66. The molecule has 0 saturated heterocycles. The SMILES string of the molecule is C.CC.CC.CC.CC.CC(C)CC1CCCC1C.CC(C)CCC(C)C.[Pt]. The third-order valence-electron chi connectivity index (χ3n) is 4.13. The van der Waals surface area contributed by atoms with E-state index in [-0.39, 0.29) is 28.5 Å². The molecule has 1 heteroatoms. The minimum Gasteiger partial charge on any atom is -0.0776 e. The largest absolute Gasteiger partial charge is 0.0776 e. The van der Waals surface area contributed by atoms with Crippen molar-refractivity contribution in [1.29, 1.82) is 0 Å². The van der Waals surface area contributed by atoms with E-state index in [1.165, 1.54) is 38.5 Å². The van der Waals surface area contributed by atoms with Crippen molar-refractivity contribution in [3.8, 4) is 0 Å². The average Bonchev–Trinajstić information content (AvgIpc) is 3.05. The van der Waals surface area contributed by atoms with Crippen molar-refractivity contribution in [3.05, 3.63) is 0 Å². The van der Waals surface area contributed by atoms with Crippen LogP contribution < -0.4 is 0 Å². The first-order chi connectivity index (χ1) is 12.3. The fourth-order valence-corrected chi connectivity index (χ4v) is 2.84. The molecule has 0 nitrogen and oxygen atoms in total. The van der Waals surface area contributed by atoms with E-state index in [9.17, 15) is 0 Å². The van der Waals surface area contributed by atoms with Crippen LogP contribution in [-0.4, -0.2) is 0 Å². The third-order valence-corrected chi connectivity index (χ3v) is 4.13. The molecule has 0 aromatic rings. The molecule has 1 saturated carbocycles. The second kappa shape index (κ2) is 41.9. The van der Waals surface area contributed by atoms with Crippen molar-refractivity contribution in [1.82, 2.24) is 0 Å². The first-order valence-electron chi connectivity index (χ1n) is 12.3. The van der Waals surface area contributed by atoms with Crippen molar-refractivity contribution in [2.24, 2.45) is 29.6 Å². The molecule has 1 rings (SSSR count). The molecule has 0 bridgehead atoms. The van der Waals surface area contributed by atoms with E-state index < -0.39 is 0 Å². The molecule has 2 atom stereocenters. The van der Waals surface area contributed by atoms with Gasteiger partial charge in [-0.15, -0.1) is 0 Å². The standard InChI is InChI=1S/C10H20.C8H18.4C2H6.CH4.Pt/c1-8(2)7-10-6-4-5-9(10)3;1-7(2)5-6-8(3)4;4*1-2;;/h8-10H,4-7H2,1-3H3;7-8H,5-6H2,1-4H3;4*1-2H3;1H4;. The Kier molecular flexibility index (Phi) is 70.0. The van der Waals surface area contributed by atoms with Gasteiger partial charge in [-0.05, 0) is 36.0 Å². The molecule has 0 N–H and O–H groups in total. The first kappa shape index (κ1) is 46.8. The molecular formula is C27H66Pt. The molecule has 0 aromatic heterocycles. The average molecular weight is 586 g/mol. The number of rotatable bonds is 5. The van der Waals surface area contributed by atoms with Gasteiger partial charge in [-0.25, -0.2) is 0 Å². The Hall–Kier alpha value is 0.688. The third kappa shape index (κ3) is 45.4. The van der Waals surface area contributed by atoms with Gasteiger partial charge >= 0.3 is 0 Å². The zero-order chi connectivity index (χ0) is 22.1. The van der Waals surface area contributed by atoms with Gasteiger partial charge in [0.25, 0.3) is 0 Å². The van der Waals surface area contributed by atoms with Crippen LogP contribution in [0.4, 0.5) is 0 Å². The molecule has 1 fully saturated rings. The summed E-state index contributed by atoms with van der Waals surface area (Å²) >= 11 is 0. The minimum absolute atomic E-state index is 0.